The molecular weight excluding hydrogens is 568 g/mol. The fraction of sp³-hybridized carbons (Fsp3) is 0.758. The van der Waals surface area contributed by atoms with Gasteiger partial charge in [-0.2, -0.15) is 0 Å². The van der Waals surface area contributed by atoms with E-state index in [1.54, 1.807) is 19.2 Å². The number of nitrogens with two attached hydrogens (primary N) is 1. The minimum absolute atomic E-state index is 0.0140. The highest BCUT2D eigenvalue weighted by Gasteiger charge is 2.28. The lowest BCUT2D eigenvalue weighted by molar-refractivity contribution is -0.122. The zero-order chi connectivity index (χ0) is 32.9. The van der Waals surface area contributed by atoms with Crippen LogP contribution in [0, 0.1) is 0 Å². The summed E-state index contributed by atoms with van der Waals surface area (Å²) in [6, 6.07) is 3.08. The Bertz CT molecular complexity index is 808. The Labute approximate surface area is 267 Å². The van der Waals surface area contributed by atoms with Gasteiger partial charge in [-0.15, -0.1) is 0 Å². The molecular formula is C33H63ClN4O5. The molecule has 2 atom stereocenters. The molecule has 0 saturated carbocycles. The van der Waals surface area contributed by atoms with Gasteiger partial charge < -0.3 is 35.8 Å². The summed E-state index contributed by atoms with van der Waals surface area (Å²) < 4.78 is 11.0. The number of nitrogens with zero attached hydrogens (tertiary/aromatic N) is 1. The van der Waals surface area contributed by atoms with Crippen LogP contribution >= 0.6 is 11.6 Å². The number of methoxy groups -OCH3 is 2. The molecule has 1 heterocycles. The van der Waals surface area contributed by atoms with E-state index in [-0.39, 0.29) is 24.5 Å². The maximum Gasteiger partial charge on any atom is 0.290 e. The van der Waals surface area contributed by atoms with Crippen molar-refractivity contribution in [2.24, 2.45) is 0 Å². The fourth-order valence-electron chi connectivity index (χ4n) is 4.70. The van der Waals surface area contributed by atoms with Gasteiger partial charge in [-0.1, -0.05) is 84.7 Å². The SMILES string of the molecule is CC.CCCCCCN1CCC(NC(=O)c2cc(Cl)c(N)cc2OC)C(OC)CC1.CCCCCCNCCC.O=CO. The highest BCUT2D eigenvalue weighted by molar-refractivity contribution is 6.33. The molecule has 1 aliphatic rings. The number of halogens is 1. The van der Waals surface area contributed by atoms with Crippen molar-refractivity contribution < 1.29 is 24.2 Å². The van der Waals surface area contributed by atoms with Gasteiger partial charge in [0.05, 0.1) is 35.5 Å². The summed E-state index contributed by atoms with van der Waals surface area (Å²) in [4.78, 5) is 23.7. The molecule has 252 valence electrons. The van der Waals surface area contributed by atoms with Crippen LogP contribution in [0.25, 0.3) is 0 Å². The molecule has 0 spiro atoms. The maximum atomic E-state index is 12.9. The number of nitrogen functional groups attached to an aromatic ring is 1. The Morgan fingerprint density at radius 1 is 1.00 bits per heavy atom. The third kappa shape index (κ3) is 20.5. The van der Waals surface area contributed by atoms with E-state index in [2.05, 4.69) is 36.3 Å². The lowest BCUT2D eigenvalue weighted by atomic mass is 10.0. The van der Waals surface area contributed by atoms with Gasteiger partial charge in [-0.3, -0.25) is 9.59 Å². The van der Waals surface area contributed by atoms with E-state index in [1.807, 2.05) is 13.8 Å². The quantitative estimate of drug-likeness (QED) is 0.0872. The predicted molar refractivity (Wildman–Crippen MR) is 182 cm³/mol. The number of carbonyl (C=O) groups excluding carboxylic acids is 1. The van der Waals surface area contributed by atoms with Crippen LogP contribution in [0.5, 0.6) is 5.75 Å². The molecule has 2 rings (SSSR count). The standard InChI is InChI=1S/C21H34ClN3O3.C9H21N.C2H6.CH2O2/c1-4-5-6-7-10-25-11-8-18(19(27-2)9-12-25)24-21(26)15-13-16(22)17(23)14-20(15)28-3;1-3-5-6-7-9-10-8-4-2;1-2;2-1-3/h13-14,18-19H,4-12,23H2,1-3H3,(H,24,26);10H,3-9H2,1-2H3;1-2H3;1H,(H,2,3). The lowest BCUT2D eigenvalue weighted by Gasteiger charge is -2.25. The number of anilines is 1. The zero-order valence-corrected chi connectivity index (χ0v) is 28.9. The van der Waals surface area contributed by atoms with E-state index in [0.29, 0.717) is 22.0 Å². The first-order chi connectivity index (χ1) is 20.8. The van der Waals surface area contributed by atoms with Gasteiger partial charge in [0, 0.05) is 26.3 Å². The molecule has 10 heteroatoms. The third-order valence-corrected chi connectivity index (χ3v) is 7.41. The van der Waals surface area contributed by atoms with Crippen LogP contribution in [-0.4, -0.2) is 81.5 Å². The van der Waals surface area contributed by atoms with Crippen molar-refractivity contribution in [2.45, 2.75) is 117 Å². The van der Waals surface area contributed by atoms with Gasteiger partial charge in [0.1, 0.15) is 5.75 Å². The number of hydrogen-bond acceptors (Lipinski definition) is 7. The Hall–Kier alpha value is -2.07. The van der Waals surface area contributed by atoms with Crippen molar-refractivity contribution in [3.8, 4) is 5.75 Å². The van der Waals surface area contributed by atoms with Gasteiger partial charge in [0.25, 0.3) is 12.4 Å². The monoisotopic (exact) mass is 630 g/mol. The summed E-state index contributed by atoms with van der Waals surface area (Å²) in [5, 5.41) is 13.7. The second kappa shape index (κ2) is 30.0. The van der Waals surface area contributed by atoms with Crippen LogP contribution in [0.15, 0.2) is 12.1 Å². The number of benzene rings is 1. The summed E-state index contributed by atoms with van der Waals surface area (Å²) in [6.45, 7) is 15.9. The van der Waals surface area contributed by atoms with Crippen molar-refractivity contribution in [1.29, 1.82) is 0 Å². The molecule has 43 heavy (non-hydrogen) atoms. The largest absolute Gasteiger partial charge is 0.496 e. The average Bonchev–Trinajstić information content (AvgIpc) is 3.21. The van der Waals surface area contributed by atoms with Crippen LogP contribution in [0.4, 0.5) is 5.69 Å². The molecule has 0 aliphatic carbocycles. The summed E-state index contributed by atoms with van der Waals surface area (Å²) in [5.74, 6) is 0.196. The van der Waals surface area contributed by atoms with Gasteiger partial charge in [0.15, 0.2) is 0 Å². The number of rotatable bonds is 16. The molecule has 1 aromatic rings. The van der Waals surface area contributed by atoms with E-state index in [4.69, 9.17) is 36.7 Å². The second-order valence-corrected chi connectivity index (χ2v) is 10.7. The molecule has 1 aliphatic heterocycles. The molecule has 1 amide bonds. The number of likely N-dealkylation sites (tertiary alicyclic amines) is 1. The number of ether oxygens (including phenoxy) is 2. The Kier molecular flexibility index (Phi) is 30.0. The van der Waals surface area contributed by atoms with Crippen LogP contribution in [0.1, 0.15) is 116 Å². The molecule has 1 saturated heterocycles. The summed E-state index contributed by atoms with van der Waals surface area (Å²) in [6.07, 6.45) is 13.5. The topological polar surface area (TPSA) is 126 Å². The van der Waals surface area contributed by atoms with Gasteiger partial charge in [-0.25, -0.2) is 0 Å². The van der Waals surface area contributed by atoms with Gasteiger partial charge in [-0.05, 0) is 57.8 Å². The van der Waals surface area contributed by atoms with E-state index < -0.39 is 0 Å². The Morgan fingerprint density at radius 2 is 1.60 bits per heavy atom. The molecule has 0 bridgehead atoms. The Morgan fingerprint density at radius 3 is 2.16 bits per heavy atom. The van der Waals surface area contributed by atoms with E-state index in [1.165, 1.54) is 78.0 Å². The summed E-state index contributed by atoms with van der Waals surface area (Å²) in [5.41, 5.74) is 6.59. The molecule has 5 N–H and O–H groups in total. The van der Waals surface area contributed by atoms with Crippen LogP contribution in [-0.2, 0) is 9.53 Å². The first-order valence-corrected chi connectivity index (χ1v) is 16.7. The maximum absolute atomic E-state index is 12.9. The van der Waals surface area contributed by atoms with Crippen molar-refractivity contribution in [3.05, 3.63) is 22.7 Å². The highest BCUT2D eigenvalue weighted by Crippen LogP contribution is 2.29. The lowest BCUT2D eigenvalue weighted by Crippen LogP contribution is -2.44. The Balaban J connectivity index is 0. The minimum Gasteiger partial charge on any atom is -0.496 e. The summed E-state index contributed by atoms with van der Waals surface area (Å²) >= 11 is 6.11. The number of carboxylic acid groups (broad SMARTS) is 1. The highest BCUT2D eigenvalue weighted by atomic mass is 35.5. The smallest absolute Gasteiger partial charge is 0.290 e. The summed E-state index contributed by atoms with van der Waals surface area (Å²) in [7, 11) is 3.22. The second-order valence-electron chi connectivity index (χ2n) is 10.3. The van der Waals surface area contributed by atoms with Crippen LogP contribution in [0.2, 0.25) is 5.02 Å². The van der Waals surface area contributed by atoms with E-state index in [9.17, 15) is 4.79 Å². The fourth-order valence-corrected chi connectivity index (χ4v) is 4.87. The van der Waals surface area contributed by atoms with E-state index >= 15 is 0 Å². The normalized spacial score (nSPS) is 16.2. The van der Waals surface area contributed by atoms with Crippen LogP contribution < -0.4 is 21.1 Å². The van der Waals surface area contributed by atoms with Crippen molar-refractivity contribution in [2.75, 3.05) is 52.7 Å². The third-order valence-electron chi connectivity index (χ3n) is 7.08. The minimum atomic E-state index is -0.250. The number of carbonyl (C=O) groups is 2. The van der Waals surface area contributed by atoms with E-state index in [0.717, 1.165) is 32.5 Å². The number of amides is 1. The average molecular weight is 631 g/mol. The first kappa shape index (κ1) is 43.1. The predicted octanol–water partition coefficient (Wildman–Crippen LogP) is 7.01. The molecule has 0 aromatic heterocycles. The van der Waals surface area contributed by atoms with Gasteiger partial charge in [0.2, 0.25) is 0 Å². The van der Waals surface area contributed by atoms with Crippen molar-refractivity contribution in [3.63, 3.8) is 0 Å². The van der Waals surface area contributed by atoms with Crippen LogP contribution in [0.3, 0.4) is 0 Å². The number of unbranched alkanes of at least 4 members (excludes halogenated alkanes) is 6. The van der Waals surface area contributed by atoms with Crippen molar-refractivity contribution >= 4 is 29.7 Å². The van der Waals surface area contributed by atoms with Crippen molar-refractivity contribution in [1.82, 2.24) is 15.5 Å². The number of nitrogens with one attached hydrogen (secondary N) is 2. The zero-order valence-electron chi connectivity index (χ0n) is 28.2. The molecule has 1 fully saturated rings. The molecule has 1 aromatic carbocycles. The van der Waals surface area contributed by atoms with Gasteiger partial charge >= 0.3 is 0 Å². The molecule has 0 radical (unpaired) electrons. The first-order valence-electron chi connectivity index (χ1n) is 16.3. The number of hydrogen-bond donors (Lipinski definition) is 4. The molecule has 9 nitrogen and oxygen atoms in total. The molecule has 2 unspecified atom stereocenters.